The van der Waals surface area contributed by atoms with Crippen LogP contribution >= 0.6 is 0 Å². The van der Waals surface area contributed by atoms with Crippen molar-refractivity contribution in [1.29, 1.82) is 0 Å². The first-order valence-corrected chi connectivity index (χ1v) is 7.96. The lowest BCUT2D eigenvalue weighted by atomic mass is 9.78. The minimum Gasteiger partial charge on any atom is -0.487 e. The van der Waals surface area contributed by atoms with Crippen LogP contribution in [-0.2, 0) is 15.9 Å². The summed E-state index contributed by atoms with van der Waals surface area (Å²) in [5.41, 5.74) is 0.156. The number of rotatable bonds is 4. The molecule has 0 saturated carbocycles. The van der Waals surface area contributed by atoms with E-state index in [0.717, 1.165) is 5.69 Å². The smallest absolute Gasteiger partial charge is 0.487 e. The Morgan fingerprint density at radius 3 is 2.38 bits per heavy atom. The van der Waals surface area contributed by atoms with Crippen molar-refractivity contribution in [2.24, 2.45) is 0 Å². The maximum Gasteiger partial charge on any atom is 0.497 e. The van der Waals surface area contributed by atoms with E-state index in [4.69, 9.17) is 14.0 Å². The summed E-state index contributed by atoms with van der Waals surface area (Å²) in [5.74, 6) is 0.0328. The molecule has 1 aromatic heterocycles. The second kappa shape index (κ2) is 6.18. The second-order valence-corrected chi connectivity index (χ2v) is 6.88. The van der Waals surface area contributed by atoms with Crippen LogP contribution in [0.2, 0.25) is 0 Å². The van der Waals surface area contributed by atoms with Crippen molar-refractivity contribution in [1.82, 2.24) is 4.98 Å². The van der Waals surface area contributed by atoms with Crippen molar-refractivity contribution in [3.63, 3.8) is 0 Å². The summed E-state index contributed by atoms with van der Waals surface area (Å²) >= 11 is 0. The lowest BCUT2D eigenvalue weighted by Crippen LogP contribution is -2.41. The quantitative estimate of drug-likeness (QED) is 0.808. The van der Waals surface area contributed by atoms with Gasteiger partial charge in [-0.3, -0.25) is 4.98 Å². The van der Waals surface area contributed by atoms with Gasteiger partial charge >= 0.3 is 7.12 Å². The van der Waals surface area contributed by atoms with Crippen molar-refractivity contribution in [2.75, 3.05) is 0 Å². The number of halogens is 1. The van der Waals surface area contributed by atoms with Crippen LogP contribution < -0.4 is 10.2 Å². The van der Waals surface area contributed by atoms with Crippen molar-refractivity contribution in [2.45, 2.75) is 45.5 Å². The molecule has 126 valence electrons. The highest BCUT2D eigenvalue weighted by atomic mass is 19.1. The third-order valence-electron chi connectivity index (χ3n) is 4.59. The molecule has 2 heterocycles. The van der Waals surface area contributed by atoms with Gasteiger partial charge in [-0.15, -0.1) is 0 Å². The van der Waals surface area contributed by atoms with Crippen molar-refractivity contribution in [3.05, 3.63) is 54.1 Å². The molecule has 1 aliphatic rings. The fraction of sp³-hybridized carbons (Fsp3) is 0.389. The molecule has 4 nitrogen and oxygen atoms in total. The first-order chi connectivity index (χ1) is 11.3. The van der Waals surface area contributed by atoms with Crippen molar-refractivity contribution >= 4 is 12.6 Å². The molecule has 6 heteroatoms. The molecule has 0 N–H and O–H groups in total. The van der Waals surface area contributed by atoms with Crippen LogP contribution in [0.4, 0.5) is 4.39 Å². The Hall–Kier alpha value is -1.92. The van der Waals surface area contributed by atoms with Crippen LogP contribution in [-0.4, -0.2) is 23.3 Å². The monoisotopic (exact) mass is 329 g/mol. The van der Waals surface area contributed by atoms with Crippen molar-refractivity contribution in [3.8, 4) is 5.75 Å². The molecule has 0 spiro atoms. The van der Waals surface area contributed by atoms with Gasteiger partial charge < -0.3 is 14.0 Å². The number of aromatic nitrogens is 1. The van der Waals surface area contributed by atoms with Gasteiger partial charge in [0, 0.05) is 17.7 Å². The first kappa shape index (κ1) is 16.9. The molecule has 1 aliphatic heterocycles. The average Bonchev–Trinajstić information content (AvgIpc) is 2.74. The van der Waals surface area contributed by atoms with E-state index in [9.17, 15) is 4.39 Å². The minimum atomic E-state index is -0.722. The summed E-state index contributed by atoms with van der Waals surface area (Å²) in [4.78, 5) is 4.17. The lowest BCUT2D eigenvalue weighted by molar-refractivity contribution is 0.00578. The second-order valence-electron chi connectivity index (χ2n) is 6.88. The van der Waals surface area contributed by atoms with Crippen LogP contribution in [0, 0.1) is 5.82 Å². The molecule has 1 saturated heterocycles. The summed E-state index contributed by atoms with van der Waals surface area (Å²) in [7, 11) is -0.722. The maximum atomic E-state index is 14.5. The topological polar surface area (TPSA) is 40.6 Å². The molecule has 24 heavy (non-hydrogen) atoms. The van der Waals surface area contributed by atoms with Crippen LogP contribution in [0.15, 0.2) is 42.6 Å². The number of benzene rings is 1. The summed E-state index contributed by atoms with van der Waals surface area (Å²) in [6.07, 6.45) is 1.70. The molecule has 0 amide bonds. The molecule has 2 aromatic rings. The van der Waals surface area contributed by atoms with Gasteiger partial charge in [0.15, 0.2) is 0 Å². The van der Waals surface area contributed by atoms with Gasteiger partial charge in [0.05, 0.1) is 16.9 Å². The average molecular weight is 329 g/mol. The zero-order chi connectivity index (χ0) is 17.4. The predicted molar refractivity (Wildman–Crippen MR) is 90.7 cm³/mol. The molecule has 0 atom stereocenters. The van der Waals surface area contributed by atoms with Crippen LogP contribution in [0.3, 0.4) is 0 Å². The Labute approximate surface area is 142 Å². The van der Waals surface area contributed by atoms with E-state index in [1.165, 1.54) is 6.07 Å². The van der Waals surface area contributed by atoms with E-state index in [-0.39, 0.29) is 6.61 Å². The molecule has 0 bridgehead atoms. The number of nitrogens with zero attached hydrogens (tertiary/aromatic N) is 1. The summed E-state index contributed by atoms with van der Waals surface area (Å²) in [5, 5.41) is 0. The lowest BCUT2D eigenvalue weighted by Gasteiger charge is -2.32. The van der Waals surface area contributed by atoms with Crippen LogP contribution in [0.1, 0.15) is 33.4 Å². The normalized spacial score (nSPS) is 18.6. The van der Waals surface area contributed by atoms with E-state index in [0.29, 0.717) is 11.2 Å². The highest BCUT2D eigenvalue weighted by molar-refractivity contribution is 6.62. The zero-order valence-electron chi connectivity index (χ0n) is 14.4. The molecule has 1 aromatic carbocycles. The van der Waals surface area contributed by atoms with Crippen LogP contribution in [0.25, 0.3) is 0 Å². The highest BCUT2D eigenvalue weighted by Gasteiger charge is 2.52. The summed E-state index contributed by atoms with van der Waals surface area (Å²) in [6.45, 7) is 8.05. The number of ether oxygens (including phenoxy) is 1. The highest BCUT2D eigenvalue weighted by Crippen LogP contribution is 2.36. The predicted octanol–water partition coefficient (Wildman–Crippen LogP) is 3.10. The summed E-state index contributed by atoms with van der Waals surface area (Å²) in [6, 6.07) is 10.3. The van der Waals surface area contributed by atoms with E-state index < -0.39 is 24.1 Å². The molecular formula is C18H21BFNO3. The molecule has 0 unspecified atom stereocenters. The van der Waals surface area contributed by atoms with Gasteiger partial charge in [0.25, 0.3) is 0 Å². The van der Waals surface area contributed by atoms with Gasteiger partial charge in [-0.05, 0) is 45.9 Å². The van der Waals surface area contributed by atoms with Gasteiger partial charge in [0.2, 0.25) is 0 Å². The minimum absolute atomic E-state index is 0.288. The van der Waals surface area contributed by atoms with Gasteiger partial charge in [-0.1, -0.05) is 12.1 Å². The van der Waals surface area contributed by atoms with Gasteiger partial charge in [-0.2, -0.15) is 0 Å². The van der Waals surface area contributed by atoms with E-state index in [2.05, 4.69) is 4.98 Å². The van der Waals surface area contributed by atoms with E-state index in [1.54, 1.807) is 18.3 Å². The van der Waals surface area contributed by atoms with E-state index in [1.807, 2.05) is 45.9 Å². The van der Waals surface area contributed by atoms with E-state index >= 15 is 0 Å². The largest absolute Gasteiger partial charge is 0.497 e. The Morgan fingerprint density at radius 2 is 1.79 bits per heavy atom. The molecule has 3 rings (SSSR count). The van der Waals surface area contributed by atoms with Gasteiger partial charge in [-0.25, -0.2) is 4.39 Å². The molecule has 0 radical (unpaired) electrons. The third kappa shape index (κ3) is 3.30. The Morgan fingerprint density at radius 1 is 1.08 bits per heavy atom. The van der Waals surface area contributed by atoms with Crippen LogP contribution in [0.5, 0.6) is 5.75 Å². The zero-order valence-corrected chi connectivity index (χ0v) is 14.4. The Kier molecular flexibility index (Phi) is 4.36. The standard InChI is InChI=1S/C18H21BFNO3/c1-17(2)18(3,4)24-19(23-17)15-9-8-14(11-16(15)20)22-12-13-7-5-6-10-21-13/h5-11H,12H2,1-4H3. The van der Waals surface area contributed by atoms with Gasteiger partial charge in [0.1, 0.15) is 18.2 Å². The number of pyridine rings is 1. The number of hydrogen-bond donors (Lipinski definition) is 0. The fourth-order valence-electron chi connectivity index (χ4n) is 2.40. The Balaban J connectivity index is 1.72. The molecule has 0 aliphatic carbocycles. The Bertz CT molecular complexity index is 705. The SMILES string of the molecule is CC1(C)OB(c2ccc(OCc3ccccn3)cc2F)OC1(C)C. The number of hydrogen-bond acceptors (Lipinski definition) is 4. The summed E-state index contributed by atoms with van der Waals surface area (Å²) < 4.78 is 31.8. The first-order valence-electron chi connectivity index (χ1n) is 7.96. The third-order valence-corrected chi connectivity index (χ3v) is 4.59. The molecule has 1 fully saturated rings. The molecular weight excluding hydrogens is 308 g/mol. The van der Waals surface area contributed by atoms with Crippen molar-refractivity contribution < 1.29 is 18.4 Å². The fourth-order valence-corrected chi connectivity index (χ4v) is 2.40. The maximum absolute atomic E-state index is 14.5.